The molecule has 0 aliphatic carbocycles. The number of ether oxygens (including phenoxy) is 1. The zero-order valence-electron chi connectivity index (χ0n) is 11.2. The summed E-state index contributed by atoms with van der Waals surface area (Å²) in [5, 5.41) is 0.884. The van der Waals surface area contributed by atoms with Crippen molar-refractivity contribution in [3.05, 3.63) is 0 Å². The lowest BCUT2D eigenvalue weighted by molar-refractivity contribution is -0.143. The molecule has 0 atom stereocenters. The second kappa shape index (κ2) is 6.74. The molecule has 0 saturated carbocycles. The quantitative estimate of drug-likeness (QED) is 0.731. The molecule has 1 heterocycles. The molecule has 1 fully saturated rings. The van der Waals surface area contributed by atoms with Crippen LogP contribution in [0.15, 0.2) is 0 Å². The molecule has 0 aromatic heterocycles. The van der Waals surface area contributed by atoms with E-state index in [2.05, 4.69) is 22.9 Å². The monoisotopic (exact) mass is 305 g/mol. The van der Waals surface area contributed by atoms with Crippen molar-refractivity contribution in [3.63, 3.8) is 0 Å². The van der Waals surface area contributed by atoms with E-state index in [1.54, 1.807) is 0 Å². The van der Waals surface area contributed by atoms with Gasteiger partial charge in [0.1, 0.15) is 0 Å². The molecule has 1 aliphatic rings. The van der Waals surface area contributed by atoms with Gasteiger partial charge in [-0.15, -0.1) is 0 Å². The van der Waals surface area contributed by atoms with Crippen molar-refractivity contribution < 1.29 is 9.53 Å². The molecule has 1 saturated heterocycles. The standard InChI is InChI=1S/C13H24BrNO2/c1-4-13(2,3)12(16)15-8-5-11(6-9-15)17-10-7-14/h11H,4-10H2,1-3H3. The highest BCUT2D eigenvalue weighted by atomic mass is 79.9. The van der Waals surface area contributed by atoms with Crippen molar-refractivity contribution in [1.82, 2.24) is 4.90 Å². The number of alkyl halides is 1. The molecule has 100 valence electrons. The Morgan fingerprint density at radius 2 is 2.00 bits per heavy atom. The Kier molecular flexibility index (Phi) is 5.93. The fourth-order valence-corrected chi connectivity index (χ4v) is 2.20. The highest BCUT2D eigenvalue weighted by Gasteiger charge is 2.32. The molecule has 1 amide bonds. The van der Waals surface area contributed by atoms with Crippen molar-refractivity contribution in [2.45, 2.75) is 46.1 Å². The van der Waals surface area contributed by atoms with Gasteiger partial charge in [-0.25, -0.2) is 0 Å². The number of amides is 1. The number of likely N-dealkylation sites (tertiary alicyclic amines) is 1. The molecule has 0 aromatic carbocycles. The maximum atomic E-state index is 12.2. The maximum absolute atomic E-state index is 12.2. The van der Waals surface area contributed by atoms with Gasteiger partial charge in [0.25, 0.3) is 0 Å². The van der Waals surface area contributed by atoms with Gasteiger partial charge in [-0.2, -0.15) is 0 Å². The number of halogens is 1. The summed E-state index contributed by atoms with van der Waals surface area (Å²) in [6.45, 7) is 8.58. The fourth-order valence-electron chi connectivity index (χ4n) is 2.02. The lowest BCUT2D eigenvalue weighted by Gasteiger charge is -2.36. The fraction of sp³-hybridized carbons (Fsp3) is 0.923. The summed E-state index contributed by atoms with van der Waals surface area (Å²) in [6.07, 6.45) is 3.17. The molecular weight excluding hydrogens is 282 g/mol. The molecule has 0 bridgehead atoms. The molecule has 3 nitrogen and oxygen atoms in total. The van der Waals surface area contributed by atoms with Gasteiger partial charge in [0.2, 0.25) is 5.91 Å². The Morgan fingerprint density at radius 3 is 2.47 bits per heavy atom. The number of hydrogen-bond acceptors (Lipinski definition) is 2. The van der Waals surface area contributed by atoms with Crippen LogP contribution in [0, 0.1) is 5.41 Å². The molecule has 0 spiro atoms. The Labute approximate surface area is 113 Å². The van der Waals surface area contributed by atoms with E-state index in [1.165, 1.54) is 0 Å². The van der Waals surface area contributed by atoms with E-state index in [1.807, 2.05) is 18.7 Å². The molecule has 0 N–H and O–H groups in total. The van der Waals surface area contributed by atoms with Crippen molar-refractivity contribution in [3.8, 4) is 0 Å². The molecule has 1 aliphatic heterocycles. The topological polar surface area (TPSA) is 29.5 Å². The van der Waals surface area contributed by atoms with E-state index in [-0.39, 0.29) is 5.41 Å². The summed E-state index contributed by atoms with van der Waals surface area (Å²) in [6, 6.07) is 0. The summed E-state index contributed by atoms with van der Waals surface area (Å²) in [5.41, 5.74) is -0.219. The van der Waals surface area contributed by atoms with Gasteiger partial charge in [0.15, 0.2) is 0 Å². The van der Waals surface area contributed by atoms with Crippen LogP contribution in [0.3, 0.4) is 0 Å². The second-order valence-corrected chi connectivity index (χ2v) is 6.08. The van der Waals surface area contributed by atoms with Gasteiger partial charge in [0, 0.05) is 23.8 Å². The van der Waals surface area contributed by atoms with Crippen molar-refractivity contribution >= 4 is 21.8 Å². The average molecular weight is 306 g/mol. The van der Waals surface area contributed by atoms with E-state index in [0.29, 0.717) is 12.0 Å². The van der Waals surface area contributed by atoms with Crippen LogP contribution in [-0.2, 0) is 9.53 Å². The van der Waals surface area contributed by atoms with E-state index in [9.17, 15) is 4.79 Å². The van der Waals surface area contributed by atoms with Crippen LogP contribution < -0.4 is 0 Å². The number of nitrogens with zero attached hydrogens (tertiary/aromatic N) is 1. The van der Waals surface area contributed by atoms with E-state index >= 15 is 0 Å². The van der Waals surface area contributed by atoms with E-state index < -0.39 is 0 Å². The zero-order chi connectivity index (χ0) is 12.9. The summed E-state index contributed by atoms with van der Waals surface area (Å²) < 4.78 is 5.69. The Bertz CT molecular complexity index is 248. The molecule has 4 heteroatoms. The minimum absolute atomic E-state index is 0.219. The lowest BCUT2D eigenvalue weighted by Crippen LogP contribution is -2.46. The van der Waals surface area contributed by atoms with Crippen LogP contribution in [0.5, 0.6) is 0 Å². The van der Waals surface area contributed by atoms with Gasteiger partial charge in [-0.05, 0) is 19.3 Å². The summed E-state index contributed by atoms with van der Waals surface area (Å²) >= 11 is 3.36. The second-order valence-electron chi connectivity index (χ2n) is 5.29. The summed E-state index contributed by atoms with van der Waals surface area (Å²) in [4.78, 5) is 14.2. The van der Waals surface area contributed by atoms with Gasteiger partial charge in [-0.1, -0.05) is 36.7 Å². The highest BCUT2D eigenvalue weighted by Crippen LogP contribution is 2.25. The SMILES string of the molecule is CCC(C)(C)C(=O)N1CCC(OCCBr)CC1. The summed E-state index contributed by atoms with van der Waals surface area (Å²) in [5.74, 6) is 0.291. The van der Waals surface area contributed by atoms with Gasteiger partial charge >= 0.3 is 0 Å². The number of hydrogen-bond donors (Lipinski definition) is 0. The van der Waals surface area contributed by atoms with Crippen LogP contribution in [0.25, 0.3) is 0 Å². The van der Waals surface area contributed by atoms with Crippen LogP contribution in [0.2, 0.25) is 0 Å². The molecule has 17 heavy (non-hydrogen) atoms. The van der Waals surface area contributed by atoms with Crippen LogP contribution in [0.4, 0.5) is 0 Å². The van der Waals surface area contributed by atoms with E-state index in [4.69, 9.17) is 4.74 Å². The third kappa shape index (κ3) is 4.25. The Hall–Kier alpha value is -0.0900. The minimum Gasteiger partial charge on any atom is -0.377 e. The van der Waals surface area contributed by atoms with Gasteiger partial charge < -0.3 is 9.64 Å². The minimum atomic E-state index is -0.219. The van der Waals surface area contributed by atoms with Crippen molar-refractivity contribution in [1.29, 1.82) is 0 Å². The predicted molar refractivity (Wildman–Crippen MR) is 73.4 cm³/mol. The van der Waals surface area contributed by atoms with Crippen LogP contribution >= 0.6 is 15.9 Å². The first kappa shape index (κ1) is 15.0. The van der Waals surface area contributed by atoms with E-state index in [0.717, 1.165) is 44.3 Å². The number of rotatable bonds is 5. The maximum Gasteiger partial charge on any atom is 0.228 e. The van der Waals surface area contributed by atoms with Crippen LogP contribution in [-0.4, -0.2) is 41.9 Å². The summed E-state index contributed by atoms with van der Waals surface area (Å²) in [7, 11) is 0. The smallest absolute Gasteiger partial charge is 0.228 e. The molecule has 0 unspecified atom stereocenters. The normalized spacial score (nSPS) is 18.5. The first-order valence-electron chi connectivity index (χ1n) is 6.48. The van der Waals surface area contributed by atoms with Crippen molar-refractivity contribution in [2.75, 3.05) is 25.0 Å². The highest BCUT2D eigenvalue weighted by molar-refractivity contribution is 9.09. The number of carbonyl (C=O) groups is 1. The van der Waals surface area contributed by atoms with Gasteiger partial charge in [-0.3, -0.25) is 4.79 Å². The zero-order valence-corrected chi connectivity index (χ0v) is 12.8. The molecular formula is C13H24BrNO2. The molecule has 0 radical (unpaired) electrons. The van der Waals surface area contributed by atoms with Crippen molar-refractivity contribution in [2.24, 2.45) is 5.41 Å². The predicted octanol–water partition coefficient (Wildman–Crippen LogP) is 2.83. The Morgan fingerprint density at radius 1 is 1.41 bits per heavy atom. The van der Waals surface area contributed by atoms with Crippen LogP contribution in [0.1, 0.15) is 40.0 Å². The number of piperidine rings is 1. The number of carbonyl (C=O) groups excluding carboxylic acids is 1. The third-order valence-electron chi connectivity index (χ3n) is 3.62. The Balaban J connectivity index is 2.39. The third-order valence-corrected chi connectivity index (χ3v) is 3.95. The molecule has 1 rings (SSSR count). The lowest BCUT2D eigenvalue weighted by atomic mass is 9.88. The average Bonchev–Trinajstić information content (AvgIpc) is 2.36. The first-order chi connectivity index (χ1) is 8.01. The molecule has 0 aromatic rings. The van der Waals surface area contributed by atoms with Gasteiger partial charge in [0.05, 0.1) is 12.7 Å². The first-order valence-corrected chi connectivity index (χ1v) is 7.60. The largest absolute Gasteiger partial charge is 0.377 e.